The van der Waals surface area contributed by atoms with E-state index in [-0.39, 0.29) is 5.28 Å². The molecule has 5 nitrogen and oxygen atoms in total. The molecule has 100 valence electrons. The van der Waals surface area contributed by atoms with Gasteiger partial charge in [-0.25, -0.2) is 9.78 Å². The number of hydrogen-bond acceptors (Lipinski definition) is 5. The van der Waals surface area contributed by atoms with Crippen molar-refractivity contribution in [3.8, 4) is 0 Å². The second kappa shape index (κ2) is 5.40. The third-order valence-corrected chi connectivity index (χ3v) is 3.08. The first kappa shape index (κ1) is 13.5. The molecule has 6 heteroatoms. The summed E-state index contributed by atoms with van der Waals surface area (Å²) < 4.78 is 4.69. The van der Waals surface area contributed by atoms with Crippen LogP contribution >= 0.6 is 11.6 Å². The molecule has 0 radical (unpaired) electrons. The molecule has 0 amide bonds. The van der Waals surface area contributed by atoms with Crippen molar-refractivity contribution in [2.75, 3.05) is 25.6 Å². The van der Waals surface area contributed by atoms with Gasteiger partial charge in [0.05, 0.1) is 18.2 Å². The molecule has 0 aliphatic heterocycles. The zero-order valence-corrected chi connectivity index (χ0v) is 11.7. The van der Waals surface area contributed by atoms with Crippen molar-refractivity contribution in [3.05, 3.63) is 29.0 Å². The van der Waals surface area contributed by atoms with Gasteiger partial charge in [-0.2, -0.15) is 4.98 Å². The minimum absolute atomic E-state index is 0.157. The van der Waals surface area contributed by atoms with E-state index in [2.05, 4.69) is 14.7 Å². The van der Waals surface area contributed by atoms with E-state index in [1.54, 1.807) is 18.2 Å². The molecule has 19 heavy (non-hydrogen) atoms. The molecule has 0 bridgehead atoms. The zero-order valence-electron chi connectivity index (χ0n) is 11.0. The second-order valence-electron chi connectivity index (χ2n) is 4.05. The van der Waals surface area contributed by atoms with E-state index in [9.17, 15) is 4.79 Å². The molecule has 1 aromatic carbocycles. The first-order valence-electron chi connectivity index (χ1n) is 5.83. The summed E-state index contributed by atoms with van der Waals surface area (Å²) in [5.74, 6) is 0.343. The number of ether oxygens (including phenoxy) is 1. The van der Waals surface area contributed by atoms with Crippen molar-refractivity contribution in [3.63, 3.8) is 0 Å². The predicted octanol–water partition coefficient (Wildman–Crippen LogP) is 2.53. The summed E-state index contributed by atoms with van der Waals surface area (Å²) in [6.07, 6.45) is 0. The summed E-state index contributed by atoms with van der Waals surface area (Å²) in [5.41, 5.74) is 1.06. The van der Waals surface area contributed by atoms with Gasteiger partial charge < -0.3 is 9.64 Å². The summed E-state index contributed by atoms with van der Waals surface area (Å²) in [4.78, 5) is 21.9. The quantitative estimate of drug-likeness (QED) is 0.638. The van der Waals surface area contributed by atoms with Crippen LogP contribution in [0.25, 0.3) is 10.9 Å². The topological polar surface area (TPSA) is 55.3 Å². The number of carbonyl (C=O) groups excluding carboxylic acids is 1. The highest BCUT2D eigenvalue weighted by molar-refractivity contribution is 6.28. The smallest absolute Gasteiger partial charge is 0.337 e. The highest BCUT2D eigenvalue weighted by atomic mass is 35.5. The third kappa shape index (κ3) is 2.61. The molecule has 0 aliphatic carbocycles. The molecule has 0 saturated heterocycles. The number of anilines is 1. The number of carbonyl (C=O) groups is 1. The van der Waals surface area contributed by atoms with E-state index >= 15 is 0 Å². The molecule has 0 atom stereocenters. The highest BCUT2D eigenvalue weighted by Crippen LogP contribution is 2.25. The fraction of sp³-hybridized carbons (Fsp3) is 0.308. The Bertz CT molecular complexity index is 631. The standard InChI is InChI=1S/C13H14ClN3O2/c1-4-17(2)11-9-6-5-8(12(18)19-3)7-10(9)15-13(14)16-11/h5-7H,4H2,1-3H3. The Morgan fingerprint density at radius 2 is 2.16 bits per heavy atom. The van der Waals surface area contributed by atoms with Gasteiger partial charge in [-0.15, -0.1) is 0 Å². The molecule has 0 fully saturated rings. The molecular weight excluding hydrogens is 266 g/mol. The average Bonchev–Trinajstić information content (AvgIpc) is 2.43. The Morgan fingerprint density at radius 3 is 2.79 bits per heavy atom. The molecule has 1 aromatic heterocycles. The Balaban J connectivity index is 2.64. The van der Waals surface area contributed by atoms with E-state index in [1.807, 2.05) is 18.9 Å². The minimum Gasteiger partial charge on any atom is -0.465 e. The highest BCUT2D eigenvalue weighted by Gasteiger charge is 2.13. The van der Waals surface area contributed by atoms with E-state index in [1.165, 1.54) is 7.11 Å². The fourth-order valence-corrected chi connectivity index (χ4v) is 1.94. The maximum atomic E-state index is 11.5. The van der Waals surface area contributed by atoms with Gasteiger partial charge >= 0.3 is 5.97 Å². The van der Waals surface area contributed by atoms with Crippen molar-refractivity contribution >= 4 is 34.3 Å². The van der Waals surface area contributed by atoms with Crippen LogP contribution in [0.2, 0.25) is 5.28 Å². The van der Waals surface area contributed by atoms with Crippen LogP contribution in [0.15, 0.2) is 18.2 Å². The second-order valence-corrected chi connectivity index (χ2v) is 4.39. The Hall–Kier alpha value is -1.88. The largest absolute Gasteiger partial charge is 0.465 e. The molecule has 0 unspecified atom stereocenters. The normalized spacial score (nSPS) is 10.5. The molecule has 0 saturated carbocycles. The SMILES string of the molecule is CCN(C)c1nc(Cl)nc2cc(C(=O)OC)ccc12. The summed E-state index contributed by atoms with van der Waals surface area (Å²) in [7, 11) is 3.27. The van der Waals surface area contributed by atoms with Gasteiger partial charge in [0.1, 0.15) is 5.82 Å². The summed E-state index contributed by atoms with van der Waals surface area (Å²) in [6, 6.07) is 5.15. The summed E-state index contributed by atoms with van der Waals surface area (Å²) in [5, 5.41) is 1.01. The number of rotatable bonds is 3. The van der Waals surface area contributed by atoms with E-state index in [0.717, 1.165) is 17.7 Å². The molecular formula is C13H14ClN3O2. The van der Waals surface area contributed by atoms with E-state index in [4.69, 9.17) is 11.6 Å². The summed E-state index contributed by atoms with van der Waals surface area (Å²) >= 11 is 5.93. The van der Waals surface area contributed by atoms with Gasteiger partial charge in [-0.05, 0) is 36.7 Å². The Morgan fingerprint density at radius 1 is 1.42 bits per heavy atom. The lowest BCUT2D eigenvalue weighted by molar-refractivity contribution is 0.0601. The zero-order chi connectivity index (χ0) is 14.0. The third-order valence-electron chi connectivity index (χ3n) is 2.91. The van der Waals surface area contributed by atoms with Crippen LogP contribution in [-0.2, 0) is 4.74 Å². The lowest BCUT2D eigenvalue weighted by Crippen LogP contribution is -2.18. The summed E-state index contributed by atoms with van der Waals surface area (Å²) in [6.45, 7) is 2.81. The van der Waals surface area contributed by atoms with Crippen LogP contribution in [0.3, 0.4) is 0 Å². The first-order valence-corrected chi connectivity index (χ1v) is 6.21. The Kier molecular flexibility index (Phi) is 3.85. The van der Waals surface area contributed by atoms with Crippen molar-refractivity contribution in [2.45, 2.75) is 6.92 Å². The monoisotopic (exact) mass is 279 g/mol. The number of aromatic nitrogens is 2. The van der Waals surface area contributed by atoms with E-state index in [0.29, 0.717) is 11.1 Å². The van der Waals surface area contributed by atoms with Crippen LogP contribution in [-0.4, -0.2) is 36.6 Å². The average molecular weight is 280 g/mol. The van der Waals surface area contributed by atoms with Gasteiger partial charge in [0.25, 0.3) is 0 Å². The lowest BCUT2D eigenvalue weighted by atomic mass is 10.1. The number of hydrogen-bond donors (Lipinski definition) is 0. The number of methoxy groups -OCH3 is 1. The van der Waals surface area contributed by atoms with Gasteiger partial charge in [-0.1, -0.05) is 0 Å². The van der Waals surface area contributed by atoms with Crippen LogP contribution < -0.4 is 4.90 Å². The molecule has 2 aromatic rings. The van der Waals surface area contributed by atoms with Crippen molar-refractivity contribution < 1.29 is 9.53 Å². The minimum atomic E-state index is -0.401. The van der Waals surface area contributed by atoms with E-state index < -0.39 is 5.97 Å². The van der Waals surface area contributed by atoms with Gasteiger partial charge in [0.2, 0.25) is 5.28 Å². The molecule has 0 spiro atoms. The molecule has 1 heterocycles. The maximum Gasteiger partial charge on any atom is 0.337 e. The van der Waals surface area contributed by atoms with Crippen molar-refractivity contribution in [1.29, 1.82) is 0 Å². The number of nitrogens with zero attached hydrogens (tertiary/aromatic N) is 3. The van der Waals surface area contributed by atoms with Gasteiger partial charge in [0, 0.05) is 19.0 Å². The number of fused-ring (bicyclic) bond motifs is 1. The van der Waals surface area contributed by atoms with Gasteiger partial charge in [0.15, 0.2) is 0 Å². The first-order chi connectivity index (χ1) is 9.06. The van der Waals surface area contributed by atoms with Crippen LogP contribution in [0.5, 0.6) is 0 Å². The van der Waals surface area contributed by atoms with Gasteiger partial charge in [-0.3, -0.25) is 0 Å². The lowest BCUT2D eigenvalue weighted by Gasteiger charge is -2.17. The maximum absolute atomic E-state index is 11.5. The fourth-order valence-electron chi connectivity index (χ4n) is 1.77. The van der Waals surface area contributed by atoms with Crippen LogP contribution in [0, 0.1) is 0 Å². The molecule has 0 N–H and O–H groups in total. The van der Waals surface area contributed by atoms with Crippen molar-refractivity contribution in [2.24, 2.45) is 0 Å². The van der Waals surface area contributed by atoms with Crippen LogP contribution in [0.1, 0.15) is 17.3 Å². The van der Waals surface area contributed by atoms with Crippen molar-refractivity contribution in [1.82, 2.24) is 9.97 Å². The Labute approximate surface area is 116 Å². The number of halogens is 1. The molecule has 0 aliphatic rings. The number of benzene rings is 1. The predicted molar refractivity (Wildman–Crippen MR) is 74.8 cm³/mol. The number of esters is 1. The van der Waals surface area contributed by atoms with Crippen LogP contribution in [0.4, 0.5) is 5.82 Å². The molecule has 2 rings (SSSR count).